The van der Waals surface area contributed by atoms with Crippen molar-refractivity contribution in [2.24, 2.45) is 0 Å². The predicted molar refractivity (Wildman–Crippen MR) is 473 cm³/mol. The molecule has 0 aromatic heterocycles. The fourth-order valence-corrected chi connectivity index (χ4v) is 34.1. The highest BCUT2D eigenvalue weighted by Crippen LogP contribution is 2.71. The van der Waals surface area contributed by atoms with Gasteiger partial charge in [0.1, 0.15) is 0 Å². The summed E-state index contributed by atoms with van der Waals surface area (Å²) in [5.74, 6) is 0. The lowest BCUT2D eigenvalue weighted by molar-refractivity contribution is 0.656. The molecule has 0 N–H and O–H groups in total. The van der Waals surface area contributed by atoms with E-state index in [2.05, 4.69) is 401 Å². The highest BCUT2D eigenvalue weighted by Gasteiger charge is 2.67. The van der Waals surface area contributed by atoms with Crippen LogP contribution in [-0.4, -0.2) is 16.1 Å². The zero-order valence-electron chi connectivity index (χ0n) is 64.6. The molecule has 0 saturated carbocycles. The van der Waals surface area contributed by atoms with E-state index in [9.17, 15) is 0 Å². The molecule has 8 heteroatoms. The molecule has 534 valence electrons. The average Bonchev–Trinajstić information content (AvgIpc) is 0.869. The molecule has 0 bridgehead atoms. The van der Waals surface area contributed by atoms with Gasteiger partial charge in [-0.05, 0) is 207 Å². The monoisotopic (exact) mass is 1470 g/mol. The van der Waals surface area contributed by atoms with Crippen molar-refractivity contribution in [3.63, 3.8) is 0 Å². The van der Waals surface area contributed by atoms with Crippen molar-refractivity contribution in [2.45, 2.75) is 90.1 Å². The lowest BCUT2D eigenvalue weighted by Crippen LogP contribution is -2.78. The third-order valence-electron chi connectivity index (χ3n) is 28.4. The molecule has 15 aromatic carbocycles. The zero-order valence-corrected chi connectivity index (χ0v) is 66.6. The van der Waals surface area contributed by atoms with Gasteiger partial charge in [-0.2, -0.15) is 0 Å². The molecular formula is C104H80N6Si2. The van der Waals surface area contributed by atoms with Crippen LogP contribution in [0.1, 0.15) is 99.9 Å². The Morgan fingerprint density at radius 1 is 0.188 bits per heavy atom. The van der Waals surface area contributed by atoms with Crippen molar-refractivity contribution < 1.29 is 0 Å². The summed E-state index contributed by atoms with van der Waals surface area (Å²) >= 11 is 0. The molecule has 6 aliphatic heterocycles. The van der Waals surface area contributed by atoms with Crippen LogP contribution in [0.25, 0.3) is 44.5 Å². The molecule has 0 fully saturated rings. The summed E-state index contributed by atoms with van der Waals surface area (Å²) in [4.78, 5) is 17.2. The Morgan fingerprint density at radius 2 is 0.366 bits per heavy atom. The molecule has 25 rings (SSSR count). The van der Waals surface area contributed by atoms with Crippen LogP contribution in [0.4, 0.5) is 102 Å². The molecular weight excluding hydrogens is 1390 g/mol. The largest absolute Gasteiger partial charge is 0.310 e. The Balaban J connectivity index is 0.983. The van der Waals surface area contributed by atoms with Crippen molar-refractivity contribution in [3.8, 4) is 44.5 Å². The number of rotatable bonds is 6. The van der Waals surface area contributed by atoms with Crippen LogP contribution >= 0.6 is 0 Å². The molecule has 6 heterocycles. The molecule has 10 aliphatic rings. The Morgan fingerprint density at radius 3 is 0.571 bits per heavy atom. The second kappa shape index (κ2) is 20.9. The molecule has 112 heavy (non-hydrogen) atoms. The lowest BCUT2D eigenvalue weighted by Gasteiger charge is -2.61. The maximum Gasteiger partial charge on any atom is 0.161 e. The maximum atomic E-state index is 2.86. The van der Waals surface area contributed by atoms with Crippen molar-refractivity contribution >= 4 is 150 Å². The maximum absolute atomic E-state index is 3.71. The quantitative estimate of drug-likeness (QED) is 0.153. The fraction of sp³-hybridized carbons (Fsp3) is 0.135. The van der Waals surface area contributed by atoms with Gasteiger partial charge in [-0.1, -0.05) is 275 Å². The predicted octanol–water partition coefficient (Wildman–Crippen LogP) is 23.8. The number of benzene rings is 15. The van der Waals surface area contributed by atoms with E-state index in [4.69, 9.17) is 0 Å². The number of fused-ring (bicyclic) bond motifs is 18. The zero-order chi connectivity index (χ0) is 74.9. The van der Waals surface area contributed by atoms with Gasteiger partial charge in [0.2, 0.25) is 0 Å². The molecule has 0 radical (unpaired) electrons. The van der Waals surface area contributed by atoms with Crippen LogP contribution < -0.4 is 60.5 Å². The summed E-state index contributed by atoms with van der Waals surface area (Å²) in [5.41, 5.74) is 42.1. The highest BCUT2D eigenvalue weighted by molar-refractivity contribution is 7.19. The Bertz CT molecular complexity index is 6040. The molecule has 15 aromatic rings. The fourth-order valence-electron chi connectivity index (χ4n) is 24.2. The molecule has 6 nitrogen and oxygen atoms in total. The van der Waals surface area contributed by atoms with Gasteiger partial charge in [0, 0.05) is 88.9 Å². The minimum atomic E-state index is -3.71. The van der Waals surface area contributed by atoms with Crippen LogP contribution in [0.2, 0.25) is 13.1 Å². The third kappa shape index (κ3) is 7.19. The molecule has 0 spiro atoms. The van der Waals surface area contributed by atoms with E-state index in [-0.39, 0.29) is 0 Å². The van der Waals surface area contributed by atoms with E-state index in [0.29, 0.717) is 0 Å². The molecule has 0 atom stereocenters. The van der Waals surface area contributed by atoms with E-state index >= 15 is 0 Å². The first-order chi connectivity index (χ1) is 54.5. The van der Waals surface area contributed by atoms with Crippen LogP contribution in [0, 0.1) is 0 Å². The van der Waals surface area contributed by atoms with Gasteiger partial charge in [0.25, 0.3) is 0 Å². The van der Waals surface area contributed by atoms with Gasteiger partial charge in [0.15, 0.2) is 16.1 Å². The van der Waals surface area contributed by atoms with Crippen LogP contribution in [0.15, 0.2) is 303 Å². The molecule has 4 aliphatic carbocycles. The van der Waals surface area contributed by atoms with E-state index < -0.39 is 37.8 Å². The van der Waals surface area contributed by atoms with Crippen LogP contribution in [0.3, 0.4) is 0 Å². The number of para-hydroxylation sites is 6. The van der Waals surface area contributed by atoms with Gasteiger partial charge in [0.05, 0.1) is 45.5 Å². The van der Waals surface area contributed by atoms with Crippen LogP contribution in [-0.2, 0) is 21.7 Å². The standard InChI is InChI=1S/C104H80N6Si2/c1-101(2)75-53-33-29-49-67(75)71-57-79-95-87(83(71)101)109(65-45-25-15-26-46-65)88-84-72(68-50-30-34-54-76(68)102(84,3)4)58-80-96(88)111(95,9)99-91(105(79)61-37-17-11-18-38-61)93-100-94(92(99)106(80)62-39-19-12-20-40-62)108(64-43-23-14-24-44-64)82-60-74-70-52-32-36-56-78(70)104(7,8)86(74)90-98(82)112(100,10)97-81(107(93)63-41-21-13-22-42-63)59-73-69-51-31-35-55-77(69)103(5,6)85(73)89(97)110(90)66-47-27-16-28-48-66/h11-60H,1-10H3. The first-order valence-electron chi connectivity index (χ1n) is 40.1. The van der Waals surface area contributed by atoms with Crippen molar-refractivity contribution in [1.29, 1.82) is 0 Å². The van der Waals surface area contributed by atoms with Crippen molar-refractivity contribution in [2.75, 3.05) is 29.4 Å². The van der Waals surface area contributed by atoms with Gasteiger partial charge in [-0.3, -0.25) is 0 Å². The van der Waals surface area contributed by atoms with Gasteiger partial charge in [-0.25, -0.2) is 0 Å². The summed E-state index contributed by atoms with van der Waals surface area (Å²) in [6.07, 6.45) is 0. The van der Waals surface area contributed by atoms with Crippen molar-refractivity contribution in [1.82, 2.24) is 0 Å². The number of anilines is 18. The van der Waals surface area contributed by atoms with Gasteiger partial charge in [-0.15, -0.1) is 0 Å². The van der Waals surface area contributed by atoms with E-state index in [1.54, 1.807) is 0 Å². The smallest absolute Gasteiger partial charge is 0.161 e. The molecule has 0 amide bonds. The number of nitrogens with zero attached hydrogens (tertiary/aromatic N) is 6. The first kappa shape index (κ1) is 63.3. The lowest BCUT2D eigenvalue weighted by atomic mass is 9.79. The summed E-state index contributed by atoms with van der Waals surface area (Å²) in [6, 6.07) is 119. The topological polar surface area (TPSA) is 19.4 Å². The molecule has 0 saturated heterocycles. The van der Waals surface area contributed by atoms with E-state index in [1.807, 2.05) is 0 Å². The third-order valence-corrected chi connectivity index (χ3v) is 37.3. The number of hydrogen-bond acceptors (Lipinski definition) is 6. The average molecular weight is 1470 g/mol. The van der Waals surface area contributed by atoms with Gasteiger partial charge < -0.3 is 29.4 Å². The Kier molecular flexibility index (Phi) is 11.8. The minimum Gasteiger partial charge on any atom is -0.310 e. The number of hydrogen-bond donors (Lipinski definition) is 0. The summed E-state index contributed by atoms with van der Waals surface area (Å²) in [7, 11) is -7.43. The van der Waals surface area contributed by atoms with Crippen molar-refractivity contribution in [3.05, 3.63) is 348 Å². The van der Waals surface area contributed by atoms with E-state index in [1.165, 1.54) is 200 Å². The second-order valence-corrected chi connectivity index (χ2v) is 42.8. The first-order valence-corrected chi connectivity index (χ1v) is 45.1. The Labute approximate surface area is 657 Å². The minimum absolute atomic E-state index is 0.426. The summed E-state index contributed by atoms with van der Waals surface area (Å²) in [6.45, 7) is 26.0. The molecule has 0 unspecified atom stereocenters. The van der Waals surface area contributed by atoms with E-state index in [0.717, 1.165) is 22.7 Å². The summed E-state index contributed by atoms with van der Waals surface area (Å²) in [5, 5.41) is 8.69. The normalized spacial score (nSPS) is 17.3. The Hall–Kier alpha value is -12.5. The van der Waals surface area contributed by atoms with Crippen LogP contribution in [0.5, 0.6) is 0 Å². The highest BCUT2D eigenvalue weighted by atomic mass is 28.3. The van der Waals surface area contributed by atoms with Gasteiger partial charge >= 0.3 is 0 Å². The SMILES string of the molecule is CC1(C)c2ccccc2-c2cc3c4c(c21)N(c1ccccc1)c1c2c(cc5c1[Si]4(C)c1c(c4c6c(c1N5c1ccccc1)N(c1ccccc1)c1cc5c(c7c1[Si]6(C)c1c(cc6c(c1N7c1ccccc1)C(C)(C)c1ccccc1-6)N4c1ccccc1)C(C)(C)c1ccccc1-5)N3c1ccccc1)-c1ccccc1C2(C)C. The second-order valence-electron chi connectivity index (χ2n) is 35.3. The summed E-state index contributed by atoms with van der Waals surface area (Å²) < 4.78 is 0.